The van der Waals surface area contributed by atoms with E-state index in [0.717, 1.165) is 11.3 Å². The van der Waals surface area contributed by atoms with E-state index in [4.69, 9.17) is 16.3 Å². The fraction of sp³-hybridized carbons (Fsp3) is 0.200. The lowest BCUT2D eigenvalue weighted by atomic mass is 10.2. The Hall–Kier alpha value is -2.24. The number of anilines is 1. The summed E-state index contributed by atoms with van der Waals surface area (Å²) in [5.41, 5.74) is 6.34. The van der Waals surface area contributed by atoms with E-state index in [9.17, 15) is 0 Å². The van der Waals surface area contributed by atoms with Crippen molar-refractivity contribution >= 4 is 5.95 Å². The van der Waals surface area contributed by atoms with Crippen molar-refractivity contribution in [3.8, 4) is 17.1 Å². The Labute approximate surface area is 92.8 Å². The summed E-state index contributed by atoms with van der Waals surface area (Å²) in [6.07, 6.45) is 0. The Morgan fingerprint density at radius 3 is 2.44 bits per heavy atom. The highest BCUT2D eigenvalue weighted by Crippen LogP contribution is 2.20. The molecule has 0 atom stereocenters. The highest BCUT2D eigenvalue weighted by atomic mass is 16.5. The van der Waals surface area contributed by atoms with Crippen molar-refractivity contribution in [1.29, 1.82) is 0 Å². The summed E-state index contributed by atoms with van der Waals surface area (Å²) in [5, 5.41) is 7.57. The zero-order chi connectivity index (χ0) is 11.5. The van der Waals surface area contributed by atoms with Gasteiger partial charge in [0.05, 0.1) is 6.61 Å². The van der Waals surface area contributed by atoms with Crippen LogP contribution < -0.4 is 16.3 Å². The maximum atomic E-state index is 5.67. The molecule has 1 heterocycles. The molecule has 2 rings (SSSR count). The van der Waals surface area contributed by atoms with E-state index in [-0.39, 0.29) is 5.95 Å². The van der Waals surface area contributed by atoms with Crippen LogP contribution in [0.1, 0.15) is 6.92 Å². The molecule has 0 fully saturated rings. The maximum absolute atomic E-state index is 5.67. The van der Waals surface area contributed by atoms with Crippen LogP contribution in [0.3, 0.4) is 0 Å². The zero-order valence-electron chi connectivity index (χ0n) is 8.92. The summed E-state index contributed by atoms with van der Waals surface area (Å²) in [6.45, 7) is 2.57. The van der Waals surface area contributed by atoms with Gasteiger partial charge >= 0.3 is 0 Å². The number of rotatable bonds is 3. The summed E-state index contributed by atoms with van der Waals surface area (Å²) >= 11 is 0. The number of nitrogens with zero attached hydrogens (tertiary/aromatic N) is 3. The van der Waals surface area contributed by atoms with Crippen molar-refractivity contribution in [3.63, 3.8) is 0 Å². The lowest BCUT2D eigenvalue weighted by Gasteiger charge is -2.04. The highest BCUT2D eigenvalue weighted by molar-refractivity contribution is 5.58. The number of nitrogen functional groups attached to an aromatic ring is 2. The van der Waals surface area contributed by atoms with Crippen molar-refractivity contribution < 1.29 is 4.74 Å². The van der Waals surface area contributed by atoms with Gasteiger partial charge in [-0.1, -0.05) is 0 Å². The lowest BCUT2D eigenvalue weighted by molar-refractivity contribution is 0.340. The van der Waals surface area contributed by atoms with Crippen molar-refractivity contribution in [3.05, 3.63) is 24.3 Å². The first kappa shape index (κ1) is 10.3. The van der Waals surface area contributed by atoms with E-state index >= 15 is 0 Å². The second kappa shape index (κ2) is 4.09. The molecule has 0 saturated heterocycles. The Morgan fingerprint density at radius 1 is 1.25 bits per heavy atom. The van der Waals surface area contributed by atoms with Crippen molar-refractivity contribution in [2.24, 2.45) is 0 Å². The van der Waals surface area contributed by atoms with E-state index in [1.807, 2.05) is 31.2 Å². The predicted octanol–water partition coefficient (Wildman–Crippen LogP) is 0.640. The molecular formula is C10H13N5O. The Kier molecular flexibility index (Phi) is 2.63. The van der Waals surface area contributed by atoms with Gasteiger partial charge in [0, 0.05) is 5.56 Å². The quantitative estimate of drug-likeness (QED) is 0.739. The molecule has 0 amide bonds. The summed E-state index contributed by atoms with van der Waals surface area (Å²) in [5.74, 6) is 7.19. The fourth-order valence-electron chi connectivity index (χ4n) is 1.37. The van der Waals surface area contributed by atoms with Gasteiger partial charge in [-0.2, -0.15) is 0 Å². The molecule has 6 nitrogen and oxygen atoms in total. The first-order valence-electron chi connectivity index (χ1n) is 4.91. The number of nitrogens with two attached hydrogens (primary N) is 2. The molecular weight excluding hydrogens is 206 g/mol. The first-order valence-corrected chi connectivity index (χ1v) is 4.91. The third-order valence-electron chi connectivity index (χ3n) is 2.15. The van der Waals surface area contributed by atoms with Gasteiger partial charge < -0.3 is 16.3 Å². The van der Waals surface area contributed by atoms with Crippen LogP contribution in [-0.2, 0) is 0 Å². The van der Waals surface area contributed by atoms with E-state index in [0.29, 0.717) is 12.4 Å². The van der Waals surface area contributed by atoms with Crippen LogP contribution in [0, 0.1) is 0 Å². The van der Waals surface area contributed by atoms with Crippen LogP contribution in [0.15, 0.2) is 24.3 Å². The monoisotopic (exact) mass is 219 g/mol. The van der Waals surface area contributed by atoms with Crippen LogP contribution in [-0.4, -0.2) is 21.5 Å². The molecule has 0 unspecified atom stereocenters. The normalized spacial score (nSPS) is 10.3. The van der Waals surface area contributed by atoms with Gasteiger partial charge in [-0.25, -0.2) is 4.68 Å². The van der Waals surface area contributed by atoms with Gasteiger partial charge in [0.25, 0.3) is 0 Å². The first-order chi connectivity index (χ1) is 7.72. The summed E-state index contributed by atoms with van der Waals surface area (Å²) in [7, 11) is 0. The highest BCUT2D eigenvalue weighted by Gasteiger charge is 2.08. The summed E-state index contributed by atoms with van der Waals surface area (Å²) in [6, 6.07) is 7.42. The minimum atomic E-state index is 0.184. The Bertz CT molecular complexity index is 476. The zero-order valence-corrected chi connectivity index (χ0v) is 8.92. The lowest BCUT2D eigenvalue weighted by Crippen LogP contribution is -2.13. The molecule has 0 aliphatic carbocycles. The van der Waals surface area contributed by atoms with Gasteiger partial charge in [-0.3, -0.25) is 0 Å². The molecule has 0 spiro atoms. The van der Waals surface area contributed by atoms with Crippen LogP contribution in [0.25, 0.3) is 11.4 Å². The number of hydrogen-bond donors (Lipinski definition) is 2. The molecule has 1 aromatic heterocycles. The molecule has 0 aliphatic heterocycles. The van der Waals surface area contributed by atoms with Gasteiger partial charge in [-0.15, -0.1) is 10.2 Å². The number of hydrogen-bond acceptors (Lipinski definition) is 5. The van der Waals surface area contributed by atoms with Crippen molar-refractivity contribution in [2.75, 3.05) is 18.2 Å². The second-order valence-electron chi connectivity index (χ2n) is 3.21. The third kappa shape index (κ3) is 1.77. The van der Waals surface area contributed by atoms with Crippen LogP contribution >= 0.6 is 0 Å². The maximum Gasteiger partial charge on any atom is 0.241 e. The van der Waals surface area contributed by atoms with Gasteiger partial charge in [0.1, 0.15) is 5.75 Å². The third-order valence-corrected chi connectivity index (χ3v) is 2.15. The number of ether oxygens (including phenoxy) is 1. The topological polar surface area (TPSA) is 92.0 Å². The average Bonchev–Trinajstić information content (AvgIpc) is 2.62. The number of aromatic nitrogens is 3. The van der Waals surface area contributed by atoms with Crippen molar-refractivity contribution in [1.82, 2.24) is 14.9 Å². The van der Waals surface area contributed by atoms with Gasteiger partial charge in [0.15, 0.2) is 5.82 Å². The van der Waals surface area contributed by atoms with E-state index in [1.165, 1.54) is 4.68 Å². The molecule has 0 aliphatic rings. The molecule has 0 bridgehead atoms. The Balaban J connectivity index is 2.31. The predicted molar refractivity (Wildman–Crippen MR) is 61.2 cm³/mol. The van der Waals surface area contributed by atoms with E-state index in [1.54, 1.807) is 0 Å². The van der Waals surface area contributed by atoms with Crippen LogP contribution in [0.2, 0.25) is 0 Å². The minimum absolute atomic E-state index is 0.184. The van der Waals surface area contributed by atoms with Crippen molar-refractivity contribution in [2.45, 2.75) is 6.92 Å². The molecule has 0 saturated carbocycles. The van der Waals surface area contributed by atoms with E-state index in [2.05, 4.69) is 10.2 Å². The summed E-state index contributed by atoms with van der Waals surface area (Å²) < 4.78 is 6.58. The molecule has 6 heteroatoms. The smallest absolute Gasteiger partial charge is 0.241 e. The fourth-order valence-corrected chi connectivity index (χ4v) is 1.37. The average molecular weight is 219 g/mol. The molecule has 4 N–H and O–H groups in total. The minimum Gasteiger partial charge on any atom is -0.494 e. The molecule has 16 heavy (non-hydrogen) atoms. The van der Waals surface area contributed by atoms with Gasteiger partial charge in [-0.05, 0) is 31.2 Å². The standard InChI is InChI=1S/C10H13N5O/c1-2-16-8-5-3-7(4-6-8)9-13-14-10(11)15(9)12/h3-6H,2,12H2,1H3,(H2,11,14). The molecule has 1 aromatic carbocycles. The SMILES string of the molecule is CCOc1ccc(-c2nnc(N)n2N)cc1. The molecule has 2 aromatic rings. The second-order valence-corrected chi connectivity index (χ2v) is 3.21. The van der Waals surface area contributed by atoms with Gasteiger partial charge in [0.2, 0.25) is 5.95 Å². The summed E-state index contributed by atoms with van der Waals surface area (Å²) in [4.78, 5) is 0. The van der Waals surface area contributed by atoms with E-state index < -0.39 is 0 Å². The van der Waals surface area contributed by atoms with Crippen LogP contribution in [0.5, 0.6) is 5.75 Å². The molecule has 84 valence electrons. The number of benzene rings is 1. The largest absolute Gasteiger partial charge is 0.494 e. The molecule has 0 radical (unpaired) electrons. The van der Waals surface area contributed by atoms with Crippen LogP contribution in [0.4, 0.5) is 5.95 Å². The Morgan fingerprint density at radius 2 is 1.94 bits per heavy atom.